The summed E-state index contributed by atoms with van der Waals surface area (Å²) in [5.41, 5.74) is 6.02. The van der Waals surface area contributed by atoms with Crippen LogP contribution in [0, 0.1) is 5.82 Å². The Bertz CT molecular complexity index is 393. The van der Waals surface area contributed by atoms with Crippen molar-refractivity contribution >= 4 is 5.97 Å². The molecular weight excluding hydrogens is 225 g/mol. The van der Waals surface area contributed by atoms with Gasteiger partial charge in [-0.25, -0.2) is 4.39 Å². The topological polar surface area (TPSA) is 61.5 Å². The highest BCUT2D eigenvalue weighted by atomic mass is 19.1. The van der Waals surface area contributed by atoms with Crippen molar-refractivity contribution in [3.63, 3.8) is 0 Å². The van der Waals surface area contributed by atoms with Gasteiger partial charge in [0, 0.05) is 17.7 Å². The van der Waals surface area contributed by atoms with Crippen molar-refractivity contribution < 1.29 is 18.7 Å². The zero-order chi connectivity index (χ0) is 12.8. The number of benzene rings is 1. The molecule has 94 valence electrons. The molecule has 2 N–H and O–H groups in total. The Balaban J connectivity index is 2.56. The molecule has 0 saturated heterocycles. The average molecular weight is 241 g/mol. The summed E-state index contributed by atoms with van der Waals surface area (Å²) < 4.78 is 23.2. The van der Waals surface area contributed by atoms with Crippen molar-refractivity contribution in [3.05, 3.63) is 29.6 Å². The minimum Gasteiger partial charge on any atom is -0.493 e. The Morgan fingerprint density at radius 1 is 1.53 bits per heavy atom. The van der Waals surface area contributed by atoms with Crippen molar-refractivity contribution in [2.24, 2.45) is 5.73 Å². The Morgan fingerprint density at radius 3 is 2.76 bits per heavy atom. The van der Waals surface area contributed by atoms with E-state index in [4.69, 9.17) is 10.5 Å². The largest absolute Gasteiger partial charge is 0.493 e. The maximum atomic E-state index is 13.5. The molecule has 1 atom stereocenters. The third-order valence-corrected chi connectivity index (χ3v) is 2.27. The van der Waals surface area contributed by atoms with Gasteiger partial charge in [-0.05, 0) is 13.0 Å². The SMILES string of the molecule is COC(=O)CCOc1ccc([C@@H](C)N)c(F)c1. The molecule has 0 aromatic heterocycles. The Labute approximate surface area is 99.5 Å². The second-order valence-corrected chi connectivity index (χ2v) is 3.65. The molecule has 4 nitrogen and oxygen atoms in total. The summed E-state index contributed by atoms with van der Waals surface area (Å²) in [5, 5.41) is 0. The lowest BCUT2D eigenvalue weighted by Crippen LogP contribution is -2.09. The lowest BCUT2D eigenvalue weighted by Gasteiger charge is -2.10. The summed E-state index contributed by atoms with van der Waals surface area (Å²) in [7, 11) is 1.30. The quantitative estimate of drug-likeness (QED) is 0.798. The summed E-state index contributed by atoms with van der Waals surface area (Å²) in [6, 6.07) is 4.10. The van der Waals surface area contributed by atoms with E-state index in [9.17, 15) is 9.18 Å². The van der Waals surface area contributed by atoms with Gasteiger partial charge in [0.1, 0.15) is 11.6 Å². The number of halogens is 1. The summed E-state index contributed by atoms with van der Waals surface area (Å²) in [4.78, 5) is 10.8. The van der Waals surface area contributed by atoms with Crippen LogP contribution in [0.5, 0.6) is 5.75 Å². The molecular formula is C12H16FNO3. The standard InChI is InChI=1S/C12H16FNO3/c1-8(14)10-4-3-9(7-11(10)13)17-6-5-12(15)16-2/h3-4,7-8H,5-6,14H2,1-2H3/t8-/m1/s1. The van der Waals surface area contributed by atoms with Crippen molar-refractivity contribution in [2.45, 2.75) is 19.4 Å². The average Bonchev–Trinajstić information content (AvgIpc) is 2.28. The molecule has 1 aromatic carbocycles. The van der Waals surface area contributed by atoms with Crippen LogP contribution >= 0.6 is 0 Å². The Hall–Kier alpha value is -1.62. The van der Waals surface area contributed by atoms with Crippen molar-refractivity contribution in [1.82, 2.24) is 0 Å². The van der Waals surface area contributed by atoms with Crippen LogP contribution in [0.2, 0.25) is 0 Å². The number of rotatable bonds is 5. The second-order valence-electron chi connectivity index (χ2n) is 3.65. The molecule has 0 aliphatic heterocycles. The highest BCUT2D eigenvalue weighted by molar-refractivity contribution is 5.69. The third-order valence-electron chi connectivity index (χ3n) is 2.27. The minimum absolute atomic E-state index is 0.132. The number of hydrogen-bond donors (Lipinski definition) is 1. The van der Waals surface area contributed by atoms with Gasteiger partial charge in [0.05, 0.1) is 20.1 Å². The molecule has 0 bridgehead atoms. The van der Waals surface area contributed by atoms with E-state index in [1.165, 1.54) is 13.2 Å². The maximum Gasteiger partial charge on any atom is 0.308 e. The number of esters is 1. The van der Waals surface area contributed by atoms with E-state index in [0.29, 0.717) is 11.3 Å². The monoisotopic (exact) mass is 241 g/mol. The van der Waals surface area contributed by atoms with Crippen LogP contribution in [0.3, 0.4) is 0 Å². The molecule has 0 amide bonds. The molecule has 0 aliphatic carbocycles. The first-order chi connectivity index (χ1) is 8.04. The van der Waals surface area contributed by atoms with Gasteiger partial charge in [-0.1, -0.05) is 6.07 Å². The van der Waals surface area contributed by atoms with Gasteiger partial charge in [0.15, 0.2) is 0 Å². The number of methoxy groups -OCH3 is 1. The first-order valence-electron chi connectivity index (χ1n) is 5.29. The normalized spacial score (nSPS) is 12.0. The first-order valence-corrected chi connectivity index (χ1v) is 5.29. The van der Waals surface area contributed by atoms with Crippen LogP contribution in [0.1, 0.15) is 24.9 Å². The van der Waals surface area contributed by atoms with E-state index in [1.807, 2.05) is 0 Å². The predicted molar refractivity (Wildman–Crippen MR) is 61.1 cm³/mol. The third kappa shape index (κ3) is 4.03. The summed E-state index contributed by atoms with van der Waals surface area (Å²) >= 11 is 0. The summed E-state index contributed by atoms with van der Waals surface area (Å²) in [5.74, 6) is -0.399. The molecule has 0 radical (unpaired) electrons. The van der Waals surface area contributed by atoms with Crippen molar-refractivity contribution in [1.29, 1.82) is 0 Å². The van der Waals surface area contributed by atoms with E-state index < -0.39 is 5.82 Å². The molecule has 0 heterocycles. The minimum atomic E-state index is -0.407. The second kappa shape index (κ2) is 6.20. The fourth-order valence-corrected chi connectivity index (χ4v) is 1.32. The van der Waals surface area contributed by atoms with E-state index >= 15 is 0 Å². The molecule has 17 heavy (non-hydrogen) atoms. The van der Waals surface area contributed by atoms with Crippen LogP contribution in [0.25, 0.3) is 0 Å². The highest BCUT2D eigenvalue weighted by Crippen LogP contribution is 2.20. The molecule has 1 rings (SSSR count). The van der Waals surface area contributed by atoms with Gasteiger partial charge < -0.3 is 15.2 Å². The van der Waals surface area contributed by atoms with Gasteiger partial charge >= 0.3 is 5.97 Å². The number of ether oxygens (including phenoxy) is 2. The smallest absolute Gasteiger partial charge is 0.308 e. The maximum absolute atomic E-state index is 13.5. The Morgan fingerprint density at radius 2 is 2.24 bits per heavy atom. The Kier molecular flexibility index (Phi) is 4.90. The van der Waals surface area contributed by atoms with Crippen molar-refractivity contribution in [3.8, 4) is 5.75 Å². The predicted octanol–water partition coefficient (Wildman–Crippen LogP) is 1.79. The van der Waals surface area contributed by atoms with Gasteiger partial charge in [-0.3, -0.25) is 4.79 Å². The molecule has 1 aromatic rings. The summed E-state index contributed by atoms with van der Waals surface area (Å²) in [6.45, 7) is 1.86. The van der Waals surface area contributed by atoms with Crippen LogP contribution in [-0.4, -0.2) is 19.7 Å². The zero-order valence-electron chi connectivity index (χ0n) is 9.90. The van der Waals surface area contributed by atoms with E-state index in [2.05, 4.69) is 4.74 Å². The van der Waals surface area contributed by atoms with Gasteiger partial charge in [-0.15, -0.1) is 0 Å². The van der Waals surface area contributed by atoms with Gasteiger partial charge in [-0.2, -0.15) is 0 Å². The molecule has 5 heteroatoms. The first kappa shape index (κ1) is 13.4. The van der Waals surface area contributed by atoms with Gasteiger partial charge in [0.2, 0.25) is 0 Å². The van der Waals surface area contributed by atoms with Crippen LogP contribution in [0.15, 0.2) is 18.2 Å². The lowest BCUT2D eigenvalue weighted by atomic mass is 10.1. The molecule has 0 spiro atoms. The number of hydrogen-bond acceptors (Lipinski definition) is 4. The van der Waals surface area contributed by atoms with E-state index in [-0.39, 0.29) is 25.0 Å². The van der Waals surface area contributed by atoms with Crippen LogP contribution in [0.4, 0.5) is 4.39 Å². The van der Waals surface area contributed by atoms with E-state index in [1.54, 1.807) is 19.1 Å². The van der Waals surface area contributed by atoms with Crippen LogP contribution < -0.4 is 10.5 Å². The fourth-order valence-electron chi connectivity index (χ4n) is 1.32. The number of nitrogens with two attached hydrogens (primary N) is 1. The zero-order valence-corrected chi connectivity index (χ0v) is 9.90. The molecule has 0 aliphatic rings. The molecule has 0 saturated carbocycles. The van der Waals surface area contributed by atoms with Crippen molar-refractivity contribution in [2.75, 3.05) is 13.7 Å². The lowest BCUT2D eigenvalue weighted by molar-refractivity contribution is -0.141. The van der Waals surface area contributed by atoms with Crippen LogP contribution in [-0.2, 0) is 9.53 Å². The number of carbonyl (C=O) groups is 1. The van der Waals surface area contributed by atoms with Gasteiger partial charge in [0.25, 0.3) is 0 Å². The highest BCUT2D eigenvalue weighted by Gasteiger charge is 2.08. The fraction of sp³-hybridized carbons (Fsp3) is 0.417. The molecule has 0 fully saturated rings. The van der Waals surface area contributed by atoms with E-state index in [0.717, 1.165) is 0 Å². The number of carbonyl (C=O) groups excluding carboxylic acids is 1. The molecule has 0 unspecified atom stereocenters. The summed E-state index contributed by atoms with van der Waals surface area (Å²) in [6.07, 6.45) is 0.132.